The Morgan fingerprint density at radius 3 is 2.36 bits per heavy atom. The van der Waals surface area contributed by atoms with Gasteiger partial charge in [0, 0.05) is 0 Å². The number of ether oxygens (including phenoxy) is 1. The number of primary amides is 1. The Morgan fingerprint density at radius 1 is 1.36 bits per heavy atom. The zero-order chi connectivity index (χ0) is 8.27. The van der Waals surface area contributed by atoms with E-state index < -0.39 is 6.09 Å². The second-order valence-corrected chi connectivity index (χ2v) is 2.23. The minimum Gasteiger partial charge on any atom is -0.411 e. The molecule has 0 spiro atoms. The van der Waals surface area contributed by atoms with Gasteiger partial charge in [-0.3, -0.25) is 0 Å². The maximum atomic E-state index is 10.3. The fraction of sp³-hybridized carbons (Fsp3) is 0. The summed E-state index contributed by atoms with van der Waals surface area (Å²) in [6, 6.07) is 7.08. The van der Waals surface area contributed by atoms with Crippen LogP contribution in [0, 0.1) is 0 Å². The van der Waals surface area contributed by atoms with E-state index >= 15 is 0 Å². The molecule has 0 radical (unpaired) electrons. The Bertz CT molecular complexity index is 258. The average Bonchev–Trinajstić information content (AvgIpc) is 1.93. The molecule has 0 bridgehead atoms. The lowest BCUT2D eigenvalue weighted by molar-refractivity contribution is 0.211. The second kappa shape index (κ2) is 3.10. The molecule has 1 aromatic rings. The number of hydrogen-bond donors (Lipinski definition) is 1. The molecule has 4 heteroatoms. The van der Waals surface area contributed by atoms with Crippen LogP contribution in [0.15, 0.2) is 24.3 Å². The number of rotatable bonds is 1. The van der Waals surface area contributed by atoms with Crippen LogP contribution in [-0.2, 0) is 0 Å². The Balaban J connectivity index is 2.74. The molecule has 2 N–H and O–H groups in total. The van der Waals surface area contributed by atoms with Crippen LogP contribution in [0.2, 0.25) is 0 Å². The largest absolute Gasteiger partial charge is 0.411 e. The quantitative estimate of drug-likeness (QED) is 0.542. The van der Waals surface area contributed by atoms with Crippen LogP contribution in [-0.4, -0.2) is 13.9 Å². The first kappa shape index (κ1) is 7.66. The molecule has 0 aromatic heterocycles. The fourth-order valence-corrected chi connectivity index (χ4v) is 0.722. The molecule has 0 aliphatic rings. The Kier molecular flexibility index (Phi) is 2.16. The van der Waals surface area contributed by atoms with Crippen molar-refractivity contribution in [2.75, 3.05) is 0 Å². The summed E-state index contributed by atoms with van der Waals surface area (Å²) in [5, 5.41) is 0. The van der Waals surface area contributed by atoms with Crippen LogP contribution in [0.4, 0.5) is 4.79 Å². The zero-order valence-corrected chi connectivity index (χ0v) is 6.20. The molecular weight excluding hydrogens is 141 g/mol. The molecule has 0 fully saturated rings. The average molecular weight is 149 g/mol. The summed E-state index contributed by atoms with van der Waals surface area (Å²) < 4.78 is 4.61. The molecule has 1 aromatic carbocycles. The SMILES string of the molecule is Bc1ccc(OC(N)=O)cc1. The molecule has 1 amide bonds. The summed E-state index contributed by atoms with van der Waals surface area (Å²) in [5.74, 6) is 0.475. The number of benzene rings is 1. The minimum absolute atomic E-state index is 0.475. The van der Waals surface area contributed by atoms with Crippen molar-refractivity contribution in [3.63, 3.8) is 0 Å². The summed E-state index contributed by atoms with van der Waals surface area (Å²) in [6.07, 6.45) is -0.783. The van der Waals surface area contributed by atoms with Crippen molar-refractivity contribution in [1.82, 2.24) is 0 Å². The lowest BCUT2D eigenvalue weighted by Crippen LogP contribution is -2.16. The van der Waals surface area contributed by atoms with E-state index in [1.807, 2.05) is 20.0 Å². The normalized spacial score (nSPS) is 9.09. The molecule has 0 saturated carbocycles. The molecule has 0 saturated heterocycles. The summed E-state index contributed by atoms with van der Waals surface area (Å²) in [4.78, 5) is 10.3. The smallest absolute Gasteiger partial charge is 0.409 e. The molecule has 0 atom stereocenters. The van der Waals surface area contributed by atoms with E-state index in [1.54, 1.807) is 12.1 Å². The molecule has 11 heavy (non-hydrogen) atoms. The Morgan fingerprint density at radius 2 is 1.91 bits per heavy atom. The third kappa shape index (κ3) is 2.33. The molecule has 1 rings (SSSR count). The van der Waals surface area contributed by atoms with E-state index in [1.165, 1.54) is 0 Å². The zero-order valence-electron chi connectivity index (χ0n) is 6.20. The van der Waals surface area contributed by atoms with Crippen LogP contribution in [0.1, 0.15) is 0 Å². The number of carbonyl (C=O) groups excluding carboxylic acids is 1. The standard InChI is InChI=1S/C7H8BNO2/c8-5-1-3-6(4-2-5)11-7(9)10/h1-4H,8H2,(H2,9,10). The van der Waals surface area contributed by atoms with Gasteiger partial charge < -0.3 is 10.5 Å². The number of carbonyl (C=O) groups is 1. The van der Waals surface area contributed by atoms with Gasteiger partial charge in [-0.2, -0.15) is 0 Å². The van der Waals surface area contributed by atoms with Crippen LogP contribution >= 0.6 is 0 Å². The first-order chi connectivity index (χ1) is 5.18. The Labute approximate surface area is 65.6 Å². The highest BCUT2D eigenvalue weighted by atomic mass is 16.5. The van der Waals surface area contributed by atoms with Gasteiger partial charge in [-0.25, -0.2) is 4.79 Å². The maximum absolute atomic E-state index is 10.3. The van der Waals surface area contributed by atoms with E-state index in [0.717, 1.165) is 5.46 Å². The fourth-order valence-electron chi connectivity index (χ4n) is 0.722. The van der Waals surface area contributed by atoms with Gasteiger partial charge in [-0.15, -0.1) is 0 Å². The van der Waals surface area contributed by atoms with Gasteiger partial charge >= 0.3 is 6.09 Å². The van der Waals surface area contributed by atoms with Crippen LogP contribution in [0.3, 0.4) is 0 Å². The first-order valence-electron chi connectivity index (χ1n) is 3.22. The summed E-state index contributed by atoms with van der Waals surface area (Å²) in [6.45, 7) is 0. The second-order valence-electron chi connectivity index (χ2n) is 2.23. The monoisotopic (exact) mass is 149 g/mol. The van der Waals surface area contributed by atoms with E-state index in [9.17, 15) is 4.79 Å². The lowest BCUT2D eigenvalue weighted by atomic mass is 9.97. The van der Waals surface area contributed by atoms with Gasteiger partial charge in [0.2, 0.25) is 0 Å². The maximum Gasteiger partial charge on any atom is 0.409 e. The third-order valence-corrected chi connectivity index (χ3v) is 1.24. The van der Waals surface area contributed by atoms with Crippen molar-refractivity contribution in [3.8, 4) is 5.75 Å². The number of nitrogens with two attached hydrogens (primary N) is 1. The van der Waals surface area contributed by atoms with Crippen LogP contribution in [0.5, 0.6) is 5.75 Å². The van der Waals surface area contributed by atoms with Gasteiger partial charge in [0.25, 0.3) is 0 Å². The lowest BCUT2D eigenvalue weighted by Gasteiger charge is -1.99. The van der Waals surface area contributed by atoms with Crippen molar-refractivity contribution in [2.45, 2.75) is 0 Å². The van der Waals surface area contributed by atoms with E-state index in [0.29, 0.717) is 5.75 Å². The highest BCUT2D eigenvalue weighted by Gasteiger charge is 1.95. The predicted molar refractivity (Wildman–Crippen MR) is 44.8 cm³/mol. The van der Waals surface area contributed by atoms with Gasteiger partial charge in [0.15, 0.2) is 0 Å². The van der Waals surface area contributed by atoms with Crippen LogP contribution < -0.4 is 15.9 Å². The van der Waals surface area contributed by atoms with Crippen molar-refractivity contribution >= 4 is 19.4 Å². The molecule has 0 aliphatic carbocycles. The van der Waals surface area contributed by atoms with Gasteiger partial charge in [0.1, 0.15) is 13.6 Å². The molecule has 0 heterocycles. The highest BCUT2D eigenvalue weighted by Crippen LogP contribution is 2.05. The van der Waals surface area contributed by atoms with Gasteiger partial charge in [-0.1, -0.05) is 17.6 Å². The van der Waals surface area contributed by atoms with E-state index in [2.05, 4.69) is 4.74 Å². The minimum atomic E-state index is -0.783. The van der Waals surface area contributed by atoms with Crippen molar-refractivity contribution in [3.05, 3.63) is 24.3 Å². The molecule has 0 aliphatic heterocycles. The van der Waals surface area contributed by atoms with Crippen LogP contribution in [0.25, 0.3) is 0 Å². The van der Waals surface area contributed by atoms with Gasteiger partial charge in [0.05, 0.1) is 0 Å². The number of hydrogen-bond acceptors (Lipinski definition) is 2. The van der Waals surface area contributed by atoms with Gasteiger partial charge in [-0.05, 0) is 12.1 Å². The van der Waals surface area contributed by atoms with Crippen molar-refractivity contribution in [1.29, 1.82) is 0 Å². The van der Waals surface area contributed by atoms with E-state index in [4.69, 9.17) is 5.73 Å². The number of amides is 1. The van der Waals surface area contributed by atoms with E-state index in [-0.39, 0.29) is 0 Å². The Hall–Kier alpha value is -1.45. The van der Waals surface area contributed by atoms with Crippen molar-refractivity contribution in [2.24, 2.45) is 5.73 Å². The summed E-state index contributed by atoms with van der Waals surface area (Å²) in [5.41, 5.74) is 5.91. The molecule has 3 nitrogen and oxygen atoms in total. The molecular formula is C7H8BNO2. The summed E-state index contributed by atoms with van der Waals surface area (Å²) >= 11 is 0. The van der Waals surface area contributed by atoms with Crippen molar-refractivity contribution < 1.29 is 9.53 Å². The predicted octanol–water partition coefficient (Wildman–Crippen LogP) is -0.598. The molecule has 0 unspecified atom stereocenters. The topological polar surface area (TPSA) is 52.3 Å². The first-order valence-corrected chi connectivity index (χ1v) is 3.22. The summed E-state index contributed by atoms with van der Waals surface area (Å²) in [7, 11) is 1.95. The highest BCUT2D eigenvalue weighted by molar-refractivity contribution is 6.32. The molecule has 56 valence electrons. The third-order valence-electron chi connectivity index (χ3n) is 1.24.